The molecule has 0 N–H and O–H groups in total. The number of fused-ring (bicyclic) bond motifs is 1. The van der Waals surface area contributed by atoms with Gasteiger partial charge < -0.3 is 9.80 Å². The number of hydrogen-bond acceptors (Lipinski definition) is 4. The largest absolute Gasteiger partial charge is 0.334 e. The van der Waals surface area contributed by atoms with Crippen LogP contribution in [0.1, 0.15) is 15.9 Å². The van der Waals surface area contributed by atoms with Gasteiger partial charge >= 0.3 is 6.03 Å². The van der Waals surface area contributed by atoms with Gasteiger partial charge in [0.05, 0.1) is 18.2 Å². The highest BCUT2D eigenvalue weighted by atomic mass is 16.2. The summed E-state index contributed by atoms with van der Waals surface area (Å²) >= 11 is 0. The Morgan fingerprint density at radius 3 is 2.62 bits per heavy atom. The van der Waals surface area contributed by atoms with E-state index in [1.165, 1.54) is 11.0 Å². The molecule has 0 radical (unpaired) electrons. The van der Waals surface area contributed by atoms with E-state index >= 15 is 0 Å². The van der Waals surface area contributed by atoms with E-state index in [1.54, 1.807) is 29.2 Å². The number of nitriles is 1. The number of benzene rings is 1. The molecule has 2 aliphatic heterocycles. The zero-order valence-electron chi connectivity index (χ0n) is 13.0. The van der Waals surface area contributed by atoms with Crippen molar-refractivity contribution in [3.63, 3.8) is 0 Å². The third-order valence-electron chi connectivity index (χ3n) is 4.27. The average Bonchev–Trinajstić information content (AvgIpc) is 2.86. The van der Waals surface area contributed by atoms with Gasteiger partial charge in [0.1, 0.15) is 6.04 Å². The van der Waals surface area contributed by atoms with Crippen LogP contribution in [0.25, 0.3) is 0 Å². The third-order valence-corrected chi connectivity index (χ3v) is 4.27. The number of piperazine rings is 1. The Hall–Kier alpha value is -3.14. The van der Waals surface area contributed by atoms with E-state index in [-0.39, 0.29) is 30.9 Å². The highest BCUT2D eigenvalue weighted by Gasteiger charge is 2.47. The molecular formula is C17H16N4O3. The fourth-order valence-corrected chi connectivity index (χ4v) is 3.00. The summed E-state index contributed by atoms with van der Waals surface area (Å²) in [7, 11) is 0. The van der Waals surface area contributed by atoms with E-state index in [2.05, 4.69) is 6.58 Å². The van der Waals surface area contributed by atoms with E-state index < -0.39 is 6.04 Å². The Labute approximate surface area is 139 Å². The van der Waals surface area contributed by atoms with Crippen LogP contribution in [0.5, 0.6) is 0 Å². The van der Waals surface area contributed by atoms with Crippen molar-refractivity contribution < 1.29 is 14.4 Å². The number of nitrogens with zero attached hydrogens (tertiary/aromatic N) is 4. The van der Waals surface area contributed by atoms with Gasteiger partial charge in [-0.15, -0.1) is 6.58 Å². The summed E-state index contributed by atoms with van der Waals surface area (Å²) in [5, 5.41) is 8.81. The molecule has 1 aromatic rings. The minimum atomic E-state index is -0.631. The van der Waals surface area contributed by atoms with Gasteiger partial charge in [0.2, 0.25) is 0 Å². The van der Waals surface area contributed by atoms with Crippen LogP contribution in [0.4, 0.5) is 4.79 Å². The summed E-state index contributed by atoms with van der Waals surface area (Å²) in [4.78, 5) is 41.4. The summed E-state index contributed by atoms with van der Waals surface area (Å²) < 4.78 is 0. The summed E-state index contributed by atoms with van der Waals surface area (Å²) in [5.74, 6) is -0.501. The molecule has 0 unspecified atom stereocenters. The van der Waals surface area contributed by atoms with Crippen molar-refractivity contribution in [3.05, 3.63) is 48.0 Å². The van der Waals surface area contributed by atoms with Gasteiger partial charge in [-0.25, -0.2) is 4.79 Å². The second-order valence-corrected chi connectivity index (χ2v) is 5.67. The smallest absolute Gasteiger partial charge is 0.327 e. The van der Waals surface area contributed by atoms with Gasteiger partial charge in [0, 0.05) is 25.2 Å². The monoisotopic (exact) mass is 324 g/mol. The topological polar surface area (TPSA) is 84.7 Å². The highest BCUT2D eigenvalue weighted by Crippen LogP contribution is 2.23. The number of carbonyl (C=O) groups is 3. The molecule has 0 spiro atoms. The van der Waals surface area contributed by atoms with Crippen LogP contribution in [-0.2, 0) is 4.79 Å². The standard InChI is InChI=1S/C17H16N4O3/c1-2-7-21-16(23)14-11-19(8-9-20(14)17(21)24)15(22)13-5-3-12(10-18)4-6-13/h2-6,14H,1,7-9,11H2/t14-/m1/s1. The van der Waals surface area contributed by atoms with Crippen LogP contribution in [0.3, 0.4) is 0 Å². The van der Waals surface area contributed by atoms with E-state index in [4.69, 9.17) is 5.26 Å². The summed E-state index contributed by atoms with van der Waals surface area (Å²) in [6, 6.07) is 7.41. The van der Waals surface area contributed by atoms with Crippen molar-refractivity contribution in [1.29, 1.82) is 5.26 Å². The molecule has 122 valence electrons. The normalized spacial score (nSPS) is 20.0. The molecule has 1 atom stereocenters. The molecule has 7 nitrogen and oxygen atoms in total. The van der Waals surface area contributed by atoms with Crippen molar-refractivity contribution in [2.75, 3.05) is 26.2 Å². The second kappa shape index (κ2) is 6.16. The molecule has 0 aromatic heterocycles. The second-order valence-electron chi connectivity index (χ2n) is 5.67. The number of urea groups is 1. The molecule has 3 rings (SSSR count). The van der Waals surface area contributed by atoms with Crippen molar-refractivity contribution >= 4 is 17.8 Å². The SMILES string of the molecule is C=CCN1C(=O)[C@H]2CN(C(=O)c3ccc(C#N)cc3)CCN2C1=O. The first kappa shape index (κ1) is 15.7. The quantitative estimate of drug-likeness (QED) is 0.609. The molecule has 0 aliphatic carbocycles. The van der Waals surface area contributed by atoms with Crippen LogP contribution in [-0.4, -0.2) is 64.8 Å². The third kappa shape index (κ3) is 2.52. The van der Waals surface area contributed by atoms with Gasteiger partial charge in [0.15, 0.2) is 0 Å². The molecular weight excluding hydrogens is 308 g/mol. The molecule has 4 amide bonds. The van der Waals surface area contributed by atoms with Crippen LogP contribution < -0.4 is 0 Å². The van der Waals surface area contributed by atoms with Gasteiger partial charge in [0.25, 0.3) is 11.8 Å². The van der Waals surface area contributed by atoms with Crippen LogP contribution in [0.15, 0.2) is 36.9 Å². The van der Waals surface area contributed by atoms with Gasteiger partial charge in [-0.05, 0) is 24.3 Å². The maximum absolute atomic E-state index is 12.6. The van der Waals surface area contributed by atoms with Crippen molar-refractivity contribution in [1.82, 2.24) is 14.7 Å². The average molecular weight is 324 g/mol. The summed E-state index contributed by atoms with van der Waals surface area (Å²) in [5.41, 5.74) is 0.940. The first-order valence-corrected chi connectivity index (χ1v) is 7.59. The van der Waals surface area contributed by atoms with Crippen molar-refractivity contribution in [2.24, 2.45) is 0 Å². The highest BCUT2D eigenvalue weighted by molar-refractivity contribution is 6.05. The Morgan fingerprint density at radius 2 is 2.00 bits per heavy atom. The number of hydrogen-bond donors (Lipinski definition) is 0. The van der Waals surface area contributed by atoms with Crippen LogP contribution in [0.2, 0.25) is 0 Å². The lowest BCUT2D eigenvalue weighted by molar-refractivity contribution is -0.128. The number of carbonyl (C=O) groups excluding carboxylic acids is 3. The predicted octanol–water partition coefficient (Wildman–Crippen LogP) is 0.833. The Bertz CT molecular complexity index is 750. The van der Waals surface area contributed by atoms with Gasteiger partial charge in [-0.1, -0.05) is 6.08 Å². The van der Waals surface area contributed by atoms with Crippen LogP contribution >= 0.6 is 0 Å². The molecule has 0 saturated carbocycles. The molecule has 7 heteroatoms. The van der Waals surface area contributed by atoms with Gasteiger partial charge in [-0.2, -0.15) is 5.26 Å². The Balaban J connectivity index is 1.75. The minimum absolute atomic E-state index is 0.175. The Morgan fingerprint density at radius 1 is 1.29 bits per heavy atom. The zero-order valence-corrected chi connectivity index (χ0v) is 13.0. The fourth-order valence-electron chi connectivity index (χ4n) is 3.00. The minimum Gasteiger partial charge on any atom is -0.334 e. The molecule has 0 bridgehead atoms. The van der Waals surface area contributed by atoms with E-state index in [0.717, 1.165) is 4.90 Å². The molecule has 2 heterocycles. The lowest BCUT2D eigenvalue weighted by atomic mass is 10.1. The van der Waals surface area contributed by atoms with E-state index in [0.29, 0.717) is 24.2 Å². The lowest BCUT2D eigenvalue weighted by Crippen LogP contribution is -2.54. The summed E-state index contributed by atoms with van der Waals surface area (Å²) in [6.45, 7) is 4.60. The Kier molecular flexibility index (Phi) is 4.04. The zero-order chi connectivity index (χ0) is 17.3. The maximum atomic E-state index is 12.6. The van der Waals surface area contributed by atoms with E-state index in [9.17, 15) is 14.4 Å². The van der Waals surface area contributed by atoms with Crippen LogP contribution in [0, 0.1) is 11.3 Å². The number of rotatable bonds is 3. The first-order valence-electron chi connectivity index (χ1n) is 7.59. The molecule has 1 aromatic carbocycles. The first-order chi connectivity index (χ1) is 11.6. The number of imide groups is 1. The van der Waals surface area contributed by atoms with Crippen molar-refractivity contribution in [3.8, 4) is 6.07 Å². The maximum Gasteiger partial charge on any atom is 0.327 e. The predicted molar refractivity (Wildman–Crippen MR) is 84.9 cm³/mol. The van der Waals surface area contributed by atoms with Gasteiger partial charge in [-0.3, -0.25) is 14.5 Å². The molecule has 24 heavy (non-hydrogen) atoms. The molecule has 2 saturated heterocycles. The molecule has 2 fully saturated rings. The molecule has 2 aliphatic rings. The fraction of sp³-hybridized carbons (Fsp3) is 0.294. The summed E-state index contributed by atoms with van der Waals surface area (Å²) in [6.07, 6.45) is 1.51. The lowest BCUT2D eigenvalue weighted by Gasteiger charge is -2.35. The van der Waals surface area contributed by atoms with Crippen molar-refractivity contribution in [2.45, 2.75) is 6.04 Å². The number of amides is 4. The van der Waals surface area contributed by atoms with E-state index in [1.807, 2.05) is 6.07 Å².